The highest BCUT2D eigenvalue weighted by molar-refractivity contribution is 7.99. The predicted octanol–water partition coefficient (Wildman–Crippen LogP) is 2.62. The molecule has 2 fully saturated rings. The van der Waals surface area contributed by atoms with Crippen molar-refractivity contribution in [3.8, 4) is 0 Å². The first-order chi connectivity index (χ1) is 11.2. The van der Waals surface area contributed by atoms with Gasteiger partial charge >= 0.3 is 0 Å². The SMILES string of the molecule is Cc1ccc(CN2CCSCC2)cc1NC(=O)CC1CCCN1. The minimum atomic E-state index is 0.124. The molecule has 1 amide bonds. The second kappa shape index (κ2) is 8.18. The fraction of sp³-hybridized carbons (Fsp3) is 0.611. The zero-order valence-electron chi connectivity index (χ0n) is 13.9. The summed E-state index contributed by atoms with van der Waals surface area (Å²) >= 11 is 2.03. The lowest BCUT2D eigenvalue weighted by Crippen LogP contribution is -2.32. The Morgan fingerprint density at radius 1 is 1.39 bits per heavy atom. The van der Waals surface area contributed by atoms with Crippen LogP contribution >= 0.6 is 11.8 Å². The highest BCUT2D eigenvalue weighted by Gasteiger charge is 2.18. The number of amides is 1. The molecule has 2 N–H and O–H groups in total. The number of thioether (sulfide) groups is 1. The molecular formula is C18H27N3OS. The van der Waals surface area contributed by atoms with E-state index in [1.807, 2.05) is 11.8 Å². The number of anilines is 1. The zero-order valence-corrected chi connectivity index (χ0v) is 14.8. The van der Waals surface area contributed by atoms with Crippen molar-refractivity contribution in [2.75, 3.05) is 36.5 Å². The molecule has 2 aliphatic rings. The van der Waals surface area contributed by atoms with Crippen LogP contribution in [0.25, 0.3) is 0 Å². The molecule has 2 aliphatic heterocycles. The van der Waals surface area contributed by atoms with E-state index in [4.69, 9.17) is 0 Å². The summed E-state index contributed by atoms with van der Waals surface area (Å²) in [5.41, 5.74) is 3.39. The average Bonchev–Trinajstić information content (AvgIpc) is 3.04. The summed E-state index contributed by atoms with van der Waals surface area (Å²) in [6.07, 6.45) is 2.87. The number of hydrogen-bond acceptors (Lipinski definition) is 4. The van der Waals surface area contributed by atoms with Crippen molar-refractivity contribution < 1.29 is 4.79 Å². The molecule has 2 saturated heterocycles. The Kier molecular flexibility index (Phi) is 5.97. The molecule has 0 bridgehead atoms. The highest BCUT2D eigenvalue weighted by Crippen LogP contribution is 2.20. The van der Waals surface area contributed by atoms with Crippen LogP contribution in [0.5, 0.6) is 0 Å². The first kappa shape index (κ1) is 16.8. The molecule has 0 radical (unpaired) electrons. The highest BCUT2D eigenvalue weighted by atomic mass is 32.2. The van der Waals surface area contributed by atoms with Crippen LogP contribution in [0.2, 0.25) is 0 Å². The smallest absolute Gasteiger partial charge is 0.225 e. The molecule has 1 atom stereocenters. The molecule has 0 aromatic heterocycles. The van der Waals surface area contributed by atoms with Gasteiger partial charge in [0.25, 0.3) is 0 Å². The van der Waals surface area contributed by atoms with E-state index in [0.29, 0.717) is 12.5 Å². The number of hydrogen-bond donors (Lipinski definition) is 2. The van der Waals surface area contributed by atoms with Crippen molar-refractivity contribution in [2.24, 2.45) is 0 Å². The van der Waals surface area contributed by atoms with E-state index >= 15 is 0 Å². The van der Waals surface area contributed by atoms with Gasteiger partial charge in [-0.05, 0) is 43.5 Å². The zero-order chi connectivity index (χ0) is 16.1. The van der Waals surface area contributed by atoms with Gasteiger partial charge in [0, 0.05) is 49.3 Å². The van der Waals surface area contributed by atoms with Gasteiger partial charge in [-0.25, -0.2) is 0 Å². The Bertz CT molecular complexity index is 537. The first-order valence-corrected chi connectivity index (χ1v) is 9.79. The third-order valence-corrected chi connectivity index (χ3v) is 5.62. The van der Waals surface area contributed by atoms with E-state index in [0.717, 1.165) is 43.9 Å². The molecular weight excluding hydrogens is 306 g/mol. The second-order valence-corrected chi connectivity index (χ2v) is 7.81. The van der Waals surface area contributed by atoms with Crippen molar-refractivity contribution in [1.82, 2.24) is 10.2 Å². The van der Waals surface area contributed by atoms with Crippen LogP contribution in [-0.4, -0.2) is 48.0 Å². The van der Waals surface area contributed by atoms with Gasteiger partial charge in [-0.1, -0.05) is 12.1 Å². The molecule has 0 saturated carbocycles. The Labute approximate surface area is 143 Å². The molecule has 0 aliphatic carbocycles. The van der Waals surface area contributed by atoms with Crippen LogP contribution in [0.1, 0.15) is 30.4 Å². The molecule has 5 heteroatoms. The largest absolute Gasteiger partial charge is 0.326 e. The second-order valence-electron chi connectivity index (χ2n) is 6.58. The number of aryl methyl sites for hydroxylation is 1. The van der Waals surface area contributed by atoms with Crippen molar-refractivity contribution >= 4 is 23.4 Å². The Hall–Kier alpha value is -1.04. The topological polar surface area (TPSA) is 44.4 Å². The molecule has 2 heterocycles. The van der Waals surface area contributed by atoms with E-state index in [-0.39, 0.29) is 5.91 Å². The number of nitrogens with zero attached hydrogens (tertiary/aromatic N) is 1. The van der Waals surface area contributed by atoms with Crippen molar-refractivity contribution in [3.63, 3.8) is 0 Å². The van der Waals surface area contributed by atoms with Crippen LogP contribution in [0.4, 0.5) is 5.69 Å². The minimum Gasteiger partial charge on any atom is -0.326 e. The monoisotopic (exact) mass is 333 g/mol. The summed E-state index contributed by atoms with van der Waals surface area (Å²) in [5.74, 6) is 2.58. The maximum absolute atomic E-state index is 12.3. The third-order valence-electron chi connectivity index (χ3n) is 4.68. The molecule has 3 rings (SSSR count). The number of carbonyl (C=O) groups excluding carboxylic acids is 1. The summed E-state index contributed by atoms with van der Waals surface area (Å²) < 4.78 is 0. The fourth-order valence-electron chi connectivity index (χ4n) is 3.28. The van der Waals surface area contributed by atoms with Gasteiger partial charge in [-0.2, -0.15) is 11.8 Å². The molecule has 1 aromatic carbocycles. The quantitative estimate of drug-likeness (QED) is 0.869. The lowest BCUT2D eigenvalue weighted by Gasteiger charge is -2.26. The van der Waals surface area contributed by atoms with Gasteiger partial charge in [0.05, 0.1) is 0 Å². The minimum absolute atomic E-state index is 0.124. The van der Waals surface area contributed by atoms with Gasteiger partial charge in [0.15, 0.2) is 0 Å². The van der Waals surface area contributed by atoms with E-state index in [1.54, 1.807) is 0 Å². The van der Waals surface area contributed by atoms with Crippen LogP contribution in [0.3, 0.4) is 0 Å². The summed E-state index contributed by atoms with van der Waals surface area (Å²) in [6.45, 7) is 6.40. The van der Waals surface area contributed by atoms with Gasteiger partial charge in [0.2, 0.25) is 5.91 Å². The fourth-order valence-corrected chi connectivity index (χ4v) is 4.25. The number of carbonyl (C=O) groups is 1. The summed E-state index contributed by atoms with van der Waals surface area (Å²) in [6, 6.07) is 6.81. The lowest BCUT2D eigenvalue weighted by molar-refractivity contribution is -0.116. The van der Waals surface area contributed by atoms with Gasteiger partial charge in [-0.3, -0.25) is 9.69 Å². The molecule has 23 heavy (non-hydrogen) atoms. The standard InChI is InChI=1S/C18H27N3OS/c1-14-4-5-15(13-21-7-9-23-10-8-21)11-17(14)20-18(22)12-16-3-2-6-19-16/h4-5,11,16,19H,2-3,6-10,12-13H2,1H3,(H,20,22). The third kappa shape index (κ3) is 4.96. The number of benzene rings is 1. The average molecular weight is 334 g/mol. The molecule has 1 aromatic rings. The van der Waals surface area contributed by atoms with Crippen LogP contribution in [-0.2, 0) is 11.3 Å². The predicted molar refractivity (Wildman–Crippen MR) is 98.1 cm³/mol. The van der Waals surface area contributed by atoms with Crippen molar-refractivity contribution in [3.05, 3.63) is 29.3 Å². The molecule has 0 spiro atoms. The summed E-state index contributed by atoms with van der Waals surface area (Å²) in [7, 11) is 0. The molecule has 4 nitrogen and oxygen atoms in total. The number of nitrogens with one attached hydrogen (secondary N) is 2. The Morgan fingerprint density at radius 2 is 2.22 bits per heavy atom. The van der Waals surface area contributed by atoms with Crippen LogP contribution in [0.15, 0.2) is 18.2 Å². The normalized spacial score (nSPS) is 22.2. The van der Waals surface area contributed by atoms with E-state index < -0.39 is 0 Å². The summed E-state index contributed by atoms with van der Waals surface area (Å²) in [4.78, 5) is 14.8. The van der Waals surface area contributed by atoms with Gasteiger partial charge < -0.3 is 10.6 Å². The lowest BCUT2D eigenvalue weighted by atomic mass is 10.1. The van der Waals surface area contributed by atoms with Crippen molar-refractivity contribution in [1.29, 1.82) is 0 Å². The van der Waals surface area contributed by atoms with Crippen LogP contribution in [0, 0.1) is 6.92 Å². The van der Waals surface area contributed by atoms with E-state index in [1.165, 1.54) is 23.5 Å². The van der Waals surface area contributed by atoms with E-state index in [2.05, 4.69) is 40.7 Å². The van der Waals surface area contributed by atoms with Gasteiger partial charge in [-0.15, -0.1) is 0 Å². The van der Waals surface area contributed by atoms with Crippen molar-refractivity contribution in [2.45, 2.75) is 38.8 Å². The summed E-state index contributed by atoms with van der Waals surface area (Å²) in [5, 5.41) is 6.50. The number of rotatable bonds is 5. The molecule has 1 unspecified atom stereocenters. The maximum Gasteiger partial charge on any atom is 0.225 e. The first-order valence-electron chi connectivity index (χ1n) is 8.63. The molecule has 126 valence electrons. The Morgan fingerprint density at radius 3 is 2.96 bits per heavy atom. The van der Waals surface area contributed by atoms with Crippen LogP contribution < -0.4 is 10.6 Å². The van der Waals surface area contributed by atoms with E-state index in [9.17, 15) is 4.79 Å². The van der Waals surface area contributed by atoms with Gasteiger partial charge in [0.1, 0.15) is 0 Å². The Balaban J connectivity index is 1.59. The maximum atomic E-state index is 12.3.